The van der Waals surface area contributed by atoms with Crippen molar-refractivity contribution in [2.75, 3.05) is 0 Å². The van der Waals surface area contributed by atoms with Gasteiger partial charge in [0.2, 0.25) is 0 Å². The second kappa shape index (κ2) is 5.50. The van der Waals surface area contributed by atoms with Crippen LogP contribution in [0.2, 0.25) is 5.02 Å². The van der Waals surface area contributed by atoms with Gasteiger partial charge in [0.15, 0.2) is 0 Å². The number of phenolic OH excluding ortho intramolecular Hbond substituents is 1. The monoisotopic (exact) mass is 327 g/mol. The summed E-state index contributed by atoms with van der Waals surface area (Å²) < 4.78 is 13.7. The summed E-state index contributed by atoms with van der Waals surface area (Å²) in [6.07, 6.45) is 1.47. The predicted molar refractivity (Wildman–Crippen MR) is 74.5 cm³/mol. The lowest BCUT2D eigenvalue weighted by atomic mass is 10.2. The lowest BCUT2D eigenvalue weighted by Crippen LogP contribution is -1.83. The topological polar surface area (TPSA) is 32.6 Å². The second-order valence-corrected chi connectivity index (χ2v) is 4.88. The van der Waals surface area contributed by atoms with Crippen LogP contribution >= 0.6 is 27.5 Å². The first kappa shape index (κ1) is 13.1. The number of phenols is 1. The average molecular weight is 329 g/mol. The molecule has 0 radical (unpaired) electrons. The summed E-state index contributed by atoms with van der Waals surface area (Å²) in [5, 5.41) is 9.84. The summed E-state index contributed by atoms with van der Waals surface area (Å²) in [6, 6.07) is 8.93. The zero-order chi connectivity index (χ0) is 13.1. The van der Waals surface area contributed by atoms with Crippen molar-refractivity contribution in [3.05, 3.63) is 57.3 Å². The van der Waals surface area contributed by atoms with Gasteiger partial charge < -0.3 is 5.11 Å². The van der Waals surface area contributed by atoms with Crippen molar-refractivity contribution in [3.63, 3.8) is 0 Å². The van der Waals surface area contributed by atoms with Gasteiger partial charge in [-0.05, 0) is 36.4 Å². The van der Waals surface area contributed by atoms with Gasteiger partial charge >= 0.3 is 0 Å². The number of hydrogen-bond acceptors (Lipinski definition) is 2. The summed E-state index contributed by atoms with van der Waals surface area (Å²) in [4.78, 5) is 4.11. The molecule has 5 heteroatoms. The Morgan fingerprint density at radius 3 is 2.72 bits per heavy atom. The lowest BCUT2D eigenvalue weighted by molar-refractivity contribution is 0.474. The fourth-order valence-electron chi connectivity index (χ4n) is 1.35. The first-order valence-corrected chi connectivity index (χ1v) is 6.21. The maximum Gasteiger partial charge on any atom is 0.124 e. The second-order valence-electron chi connectivity index (χ2n) is 3.56. The summed E-state index contributed by atoms with van der Waals surface area (Å²) in [7, 11) is 0. The molecule has 0 spiro atoms. The zero-order valence-electron chi connectivity index (χ0n) is 9.07. The molecule has 2 nitrogen and oxygen atoms in total. The van der Waals surface area contributed by atoms with Crippen LogP contribution in [0.1, 0.15) is 5.56 Å². The van der Waals surface area contributed by atoms with Gasteiger partial charge in [-0.25, -0.2) is 4.39 Å². The highest BCUT2D eigenvalue weighted by Gasteiger charge is 2.01. The molecule has 0 aliphatic rings. The molecule has 18 heavy (non-hydrogen) atoms. The predicted octanol–water partition coefficient (Wildman–Crippen LogP) is 4.70. The SMILES string of the molecule is Oc1ccc(Br)cc1C=Nc1ccc(F)cc1Cl. The molecule has 0 amide bonds. The summed E-state index contributed by atoms with van der Waals surface area (Å²) in [5.74, 6) is -0.301. The van der Waals surface area contributed by atoms with E-state index in [1.54, 1.807) is 18.2 Å². The molecule has 0 atom stereocenters. The van der Waals surface area contributed by atoms with E-state index < -0.39 is 5.82 Å². The van der Waals surface area contributed by atoms with Crippen LogP contribution < -0.4 is 0 Å². The van der Waals surface area contributed by atoms with Gasteiger partial charge in [-0.2, -0.15) is 0 Å². The van der Waals surface area contributed by atoms with Crippen LogP contribution in [-0.2, 0) is 0 Å². The van der Waals surface area contributed by atoms with E-state index in [0.29, 0.717) is 11.3 Å². The Morgan fingerprint density at radius 1 is 1.22 bits per heavy atom. The fraction of sp³-hybridized carbons (Fsp3) is 0. The zero-order valence-corrected chi connectivity index (χ0v) is 11.4. The maximum absolute atomic E-state index is 12.8. The van der Waals surface area contributed by atoms with E-state index in [1.807, 2.05) is 0 Å². The summed E-state index contributed by atoms with van der Waals surface area (Å²) >= 11 is 9.14. The number of hydrogen-bond donors (Lipinski definition) is 1. The van der Waals surface area contributed by atoms with E-state index in [9.17, 15) is 9.50 Å². The smallest absolute Gasteiger partial charge is 0.124 e. The van der Waals surface area contributed by atoms with Crippen molar-refractivity contribution in [2.45, 2.75) is 0 Å². The molecule has 0 aliphatic carbocycles. The van der Waals surface area contributed by atoms with Gasteiger partial charge in [-0.3, -0.25) is 4.99 Å². The van der Waals surface area contributed by atoms with Crippen molar-refractivity contribution < 1.29 is 9.50 Å². The van der Waals surface area contributed by atoms with Crippen LogP contribution in [0.15, 0.2) is 45.9 Å². The number of benzene rings is 2. The third-order valence-corrected chi connectivity index (χ3v) is 3.04. The molecule has 0 heterocycles. The minimum absolute atomic E-state index is 0.111. The van der Waals surface area contributed by atoms with E-state index in [0.717, 1.165) is 4.47 Å². The van der Waals surface area contributed by atoms with Gasteiger partial charge in [-0.1, -0.05) is 27.5 Å². The molecule has 0 bridgehead atoms. The van der Waals surface area contributed by atoms with E-state index in [-0.39, 0.29) is 10.8 Å². The highest BCUT2D eigenvalue weighted by molar-refractivity contribution is 9.10. The quantitative estimate of drug-likeness (QED) is 0.796. The summed E-state index contributed by atoms with van der Waals surface area (Å²) in [6.45, 7) is 0. The molecule has 92 valence electrons. The van der Waals surface area contributed by atoms with Crippen LogP contribution in [0, 0.1) is 5.82 Å². The molecular weight excluding hydrogens is 321 g/mol. The first-order chi connectivity index (χ1) is 8.56. The first-order valence-electron chi connectivity index (χ1n) is 5.04. The molecule has 0 unspecified atom stereocenters. The van der Waals surface area contributed by atoms with Crippen molar-refractivity contribution in [1.82, 2.24) is 0 Å². The average Bonchev–Trinajstić information content (AvgIpc) is 2.32. The minimum Gasteiger partial charge on any atom is -0.507 e. The van der Waals surface area contributed by atoms with E-state index >= 15 is 0 Å². The third kappa shape index (κ3) is 3.09. The van der Waals surface area contributed by atoms with Crippen molar-refractivity contribution in [2.24, 2.45) is 4.99 Å². The van der Waals surface area contributed by atoms with E-state index in [2.05, 4.69) is 20.9 Å². The normalized spacial score (nSPS) is 11.1. The number of nitrogens with zero attached hydrogens (tertiary/aromatic N) is 1. The molecule has 2 aromatic carbocycles. The van der Waals surface area contributed by atoms with E-state index in [1.165, 1.54) is 24.4 Å². The standard InChI is InChI=1S/C13H8BrClFNO/c14-9-1-4-13(18)8(5-9)7-17-12-3-2-10(16)6-11(12)15/h1-7,18H. The number of halogens is 3. The van der Waals surface area contributed by atoms with Gasteiger partial charge in [0.25, 0.3) is 0 Å². The van der Waals surface area contributed by atoms with Crippen molar-refractivity contribution in [1.29, 1.82) is 0 Å². The van der Waals surface area contributed by atoms with Crippen LogP contribution in [-0.4, -0.2) is 11.3 Å². The van der Waals surface area contributed by atoms with Crippen molar-refractivity contribution in [3.8, 4) is 5.75 Å². The molecule has 1 N–H and O–H groups in total. The number of aromatic hydroxyl groups is 1. The van der Waals surface area contributed by atoms with Gasteiger partial charge in [0, 0.05) is 16.3 Å². The molecule has 0 saturated carbocycles. The lowest BCUT2D eigenvalue weighted by Gasteiger charge is -2.00. The van der Waals surface area contributed by atoms with Crippen LogP contribution in [0.4, 0.5) is 10.1 Å². The van der Waals surface area contributed by atoms with Crippen LogP contribution in [0.5, 0.6) is 5.75 Å². The Hall–Kier alpha value is -1.39. The van der Waals surface area contributed by atoms with Gasteiger partial charge in [0.1, 0.15) is 11.6 Å². The fourth-order valence-corrected chi connectivity index (χ4v) is 1.95. The molecule has 0 saturated heterocycles. The number of rotatable bonds is 2. The summed E-state index contributed by atoms with van der Waals surface area (Å²) in [5.41, 5.74) is 0.988. The third-order valence-electron chi connectivity index (χ3n) is 2.24. The minimum atomic E-state index is -0.413. The Bertz CT molecular complexity index is 616. The number of aliphatic imine (C=N–C) groups is 1. The molecular formula is C13H8BrClFNO. The Balaban J connectivity index is 2.32. The highest BCUT2D eigenvalue weighted by Crippen LogP contribution is 2.26. The van der Waals surface area contributed by atoms with Gasteiger partial charge in [0.05, 0.1) is 10.7 Å². The van der Waals surface area contributed by atoms with Crippen LogP contribution in [0.3, 0.4) is 0 Å². The largest absolute Gasteiger partial charge is 0.507 e. The Labute approximate surface area is 117 Å². The Morgan fingerprint density at radius 2 is 2.00 bits per heavy atom. The molecule has 0 aliphatic heterocycles. The van der Waals surface area contributed by atoms with Crippen LogP contribution in [0.25, 0.3) is 0 Å². The van der Waals surface area contributed by atoms with Gasteiger partial charge in [-0.15, -0.1) is 0 Å². The molecule has 2 aromatic rings. The molecule has 2 rings (SSSR count). The highest BCUT2D eigenvalue weighted by atomic mass is 79.9. The Kier molecular flexibility index (Phi) is 3.99. The maximum atomic E-state index is 12.8. The molecule has 0 fully saturated rings. The van der Waals surface area contributed by atoms with E-state index in [4.69, 9.17) is 11.6 Å². The van der Waals surface area contributed by atoms with Crippen molar-refractivity contribution >= 4 is 39.4 Å². The molecule has 0 aromatic heterocycles.